The molecule has 25 heavy (non-hydrogen) atoms. The Bertz CT molecular complexity index is 697. The van der Waals surface area contributed by atoms with E-state index in [2.05, 4.69) is 5.32 Å². The molecule has 0 aromatic heterocycles. The Balaban J connectivity index is 1.97. The minimum atomic E-state index is -4.44. The molecule has 1 aliphatic rings. The van der Waals surface area contributed by atoms with Crippen molar-refractivity contribution in [3.8, 4) is 6.07 Å². The molecule has 2 amide bonds. The third kappa shape index (κ3) is 4.95. The maximum absolute atomic E-state index is 12.7. The molecule has 2 atom stereocenters. The van der Waals surface area contributed by atoms with Crippen LogP contribution in [-0.4, -0.2) is 29.8 Å². The standard InChI is InChI=1S/C17H18F3N3O2/c1-11(7-21)8-22-16(25)13-6-15(24)23(10-13)9-12-3-2-4-14(5-12)17(18,19)20/h2-5,11,13H,6,8-10H2,1H3,(H,22,25). The van der Waals surface area contributed by atoms with Gasteiger partial charge in [-0.15, -0.1) is 0 Å². The number of nitrogens with one attached hydrogen (secondary N) is 1. The summed E-state index contributed by atoms with van der Waals surface area (Å²) in [6.45, 7) is 2.05. The van der Waals surface area contributed by atoms with Crippen molar-refractivity contribution < 1.29 is 22.8 Å². The summed E-state index contributed by atoms with van der Waals surface area (Å²) in [5, 5.41) is 11.3. The molecule has 1 fully saturated rings. The van der Waals surface area contributed by atoms with Crippen LogP contribution >= 0.6 is 0 Å². The second kappa shape index (κ2) is 7.55. The average Bonchev–Trinajstić information content (AvgIpc) is 2.92. The minimum Gasteiger partial charge on any atom is -0.354 e. The summed E-state index contributed by atoms with van der Waals surface area (Å²) in [6, 6.07) is 6.79. The molecule has 1 heterocycles. The first-order valence-electron chi connectivity index (χ1n) is 7.82. The lowest BCUT2D eigenvalue weighted by Gasteiger charge is -2.18. The van der Waals surface area contributed by atoms with Crippen molar-refractivity contribution in [1.29, 1.82) is 5.26 Å². The van der Waals surface area contributed by atoms with Crippen molar-refractivity contribution in [2.24, 2.45) is 11.8 Å². The van der Waals surface area contributed by atoms with Crippen molar-refractivity contribution in [2.45, 2.75) is 26.1 Å². The monoisotopic (exact) mass is 353 g/mol. The fraction of sp³-hybridized carbons (Fsp3) is 0.471. The lowest BCUT2D eigenvalue weighted by atomic mass is 10.1. The van der Waals surface area contributed by atoms with E-state index in [0.717, 1.165) is 12.1 Å². The summed E-state index contributed by atoms with van der Waals surface area (Å²) in [5.74, 6) is -1.47. The van der Waals surface area contributed by atoms with Gasteiger partial charge in [0.1, 0.15) is 0 Å². The number of hydrogen-bond donors (Lipinski definition) is 1. The molecule has 1 aliphatic heterocycles. The Labute approximate surface area is 143 Å². The Hall–Kier alpha value is -2.56. The molecule has 134 valence electrons. The van der Waals surface area contributed by atoms with Gasteiger partial charge < -0.3 is 10.2 Å². The second-order valence-electron chi connectivity index (χ2n) is 6.15. The van der Waals surface area contributed by atoms with Crippen molar-refractivity contribution in [1.82, 2.24) is 10.2 Å². The van der Waals surface area contributed by atoms with Gasteiger partial charge in [-0.2, -0.15) is 18.4 Å². The molecule has 2 unspecified atom stereocenters. The number of carbonyl (C=O) groups excluding carboxylic acids is 2. The van der Waals surface area contributed by atoms with E-state index in [1.165, 1.54) is 17.0 Å². The molecule has 1 saturated heterocycles. The Morgan fingerprint density at radius 1 is 1.48 bits per heavy atom. The molecular formula is C17H18F3N3O2. The molecule has 1 aromatic rings. The largest absolute Gasteiger partial charge is 0.416 e. The van der Waals surface area contributed by atoms with Gasteiger partial charge in [0.05, 0.1) is 23.5 Å². The van der Waals surface area contributed by atoms with Crippen LogP contribution in [0.1, 0.15) is 24.5 Å². The van der Waals surface area contributed by atoms with E-state index in [9.17, 15) is 22.8 Å². The van der Waals surface area contributed by atoms with Crippen LogP contribution in [0, 0.1) is 23.2 Å². The number of halogens is 3. The van der Waals surface area contributed by atoms with Crippen LogP contribution in [0.3, 0.4) is 0 Å². The highest BCUT2D eigenvalue weighted by molar-refractivity contribution is 5.89. The fourth-order valence-electron chi connectivity index (χ4n) is 2.61. The van der Waals surface area contributed by atoms with E-state index in [0.29, 0.717) is 5.56 Å². The number of rotatable bonds is 5. The Morgan fingerprint density at radius 3 is 2.84 bits per heavy atom. The first-order valence-corrected chi connectivity index (χ1v) is 7.82. The molecule has 0 aliphatic carbocycles. The molecule has 8 heteroatoms. The summed E-state index contributed by atoms with van der Waals surface area (Å²) in [6.07, 6.45) is -4.42. The normalized spacial score (nSPS) is 18.8. The van der Waals surface area contributed by atoms with Gasteiger partial charge in [-0.05, 0) is 24.6 Å². The maximum atomic E-state index is 12.7. The van der Waals surface area contributed by atoms with Crippen LogP contribution in [0.15, 0.2) is 24.3 Å². The van der Waals surface area contributed by atoms with Gasteiger partial charge in [-0.1, -0.05) is 12.1 Å². The molecular weight excluding hydrogens is 335 g/mol. The number of amides is 2. The lowest BCUT2D eigenvalue weighted by Crippen LogP contribution is -2.35. The fourth-order valence-corrected chi connectivity index (χ4v) is 2.61. The quantitative estimate of drug-likeness (QED) is 0.883. The average molecular weight is 353 g/mol. The third-order valence-electron chi connectivity index (χ3n) is 4.02. The van der Waals surface area contributed by atoms with E-state index in [1.807, 2.05) is 6.07 Å². The molecule has 0 saturated carbocycles. The van der Waals surface area contributed by atoms with Crippen molar-refractivity contribution in [2.75, 3.05) is 13.1 Å². The van der Waals surface area contributed by atoms with E-state index in [1.54, 1.807) is 6.92 Å². The summed E-state index contributed by atoms with van der Waals surface area (Å²) in [5.41, 5.74) is -0.404. The molecule has 0 bridgehead atoms. The molecule has 2 rings (SSSR count). The predicted octanol–water partition coefficient (Wildman–Crippen LogP) is 2.33. The molecule has 1 N–H and O–H groups in total. The number of nitrogens with zero attached hydrogens (tertiary/aromatic N) is 2. The second-order valence-corrected chi connectivity index (χ2v) is 6.15. The highest BCUT2D eigenvalue weighted by Gasteiger charge is 2.35. The number of benzene rings is 1. The van der Waals surface area contributed by atoms with Crippen LogP contribution in [0.2, 0.25) is 0 Å². The molecule has 0 spiro atoms. The number of carbonyl (C=O) groups is 2. The first-order chi connectivity index (χ1) is 11.7. The minimum absolute atomic E-state index is 0.0196. The topological polar surface area (TPSA) is 73.2 Å². The van der Waals surface area contributed by atoms with E-state index < -0.39 is 17.7 Å². The zero-order chi connectivity index (χ0) is 18.6. The predicted molar refractivity (Wildman–Crippen MR) is 82.8 cm³/mol. The molecule has 0 radical (unpaired) electrons. The number of hydrogen-bond acceptors (Lipinski definition) is 3. The van der Waals surface area contributed by atoms with Crippen LogP contribution in [0.5, 0.6) is 0 Å². The van der Waals surface area contributed by atoms with Gasteiger partial charge >= 0.3 is 6.18 Å². The zero-order valence-corrected chi connectivity index (χ0v) is 13.6. The van der Waals surface area contributed by atoms with Gasteiger partial charge in [0, 0.05) is 26.1 Å². The van der Waals surface area contributed by atoms with Crippen LogP contribution in [0.4, 0.5) is 13.2 Å². The summed E-state index contributed by atoms with van der Waals surface area (Å²) >= 11 is 0. The highest BCUT2D eigenvalue weighted by Crippen LogP contribution is 2.30. The van der Waals surface area contributed by atoms with Crippen molar-refractivity contribution in [3.63, 3.8) is 0 Å². The number of likely N-dealkylation sites (tertiary alicyclic amines) is 1. The highest BCUT2D eigenvalue weighted by atomic mass is 19.4. The van der Waals surface area contributed by atoms with Crippen LogP contribution < -0.4 is 5.32 Å². The van der Waals surface area contributed by atoms with E-state index in [4.69, 9.17) is 5.26 Å². The van der Waals surface area contributed by atoms with Gasteiger partial charge in [0.25, 0.3) is 0 Å². The van der Waals surface area contributed by atoms with Gasteiger partial charge in [-0.25, -0.2) is 0 Å². The summed E-state index contributed by atoms with van der Waals surface area (Å²) in [7, 11) is 0. The lowest BCUT2D eigenvalue weighted by molar-refractivity contribution is -0.137. The van der Waals surface area contributed by atoms with Crippen LogP contribution in [-0.2, 0) is 22.3 Å². The Kier molecular flexibility index (Phi) is 5.67. The smallest absolute Gasteiger partial charge is 0.354 e. The van der Waals surface area contributed by atoms with Crippen molar-refractivity contribution in [3.05, 3.63) is 35.4 Å². The summed E-state index contributed by atoms with van der Waals surface area (Å²) < 4.78 is 38.2. The van der Waals surface area contributed by atoms with E-state index >= 15 is 0 Å². The van der Waals surface area contributed by atoms with Gasteiger partial charge in [0.15, 0.2) is 0 Å². The van der Waals surface area contributed by atoms with E-state index in [-0.39, 0.29) is 43.8 Å². The first kappa shape index (κ1) is 18.8. The SMILES string of the molecule is CC(C#N)CNC(=O)C1CC(=O)N(Cc2cccc(C(F)(F)F)c2)C1. The molecule has 5 nitrogen and oxygen atoms in total. The number of alkyl halides is 3. The zero-order valence-electron chi connectivity index (χ0n) is 13.6. The van der Waals surface area contributed by atoms with Gasteiger partial charge in [-0.3, -0.25) is 9.59 Å². The van der Waals surface area contributed by atoms with Crippen LogP contribution in [0.25, 0.3) is 0 Å². The third-order valence-corrected chi connectivity index (χ3v) is 4.02. The molecule has 1 aromatic carbocycles. The Morgan fingerprint density at radius 2 is 2.20 bits per heavy atom. The van der Waals surface area contributed by atoms with Crippen molar-refractivity contribution >= 4 is 11.8 Å². The van der Waals surface area contributed by atoms with Gasteiger partial charge in [0.2, 0.25) is 11.8 Å². The number of nitriles is 1. The maximum Gasteiger partial charge on any atom is 0.416 e. The summed E-state index contributed by atoms with van der Waals surface area (Å²) in [4.78, 5) is 25.5.